The Morgan fingerprint density at radius 1 is 1.00 bits per heavy atom. The molecule has 1 atom stereocenters. The summed E-state index contributed by atoms with van der Waals surface area (Å²) in [5.41, 5.74) is -1.41. The Morgan fingerprint density at radius 2 is 1.65 bits per heavy atom. The van der Waals surface area contributed by atoms with E-state index in [4.69, 9.17) is 14.2 Å². The molecule has 0 aliphatic carbocycles. The van der Waals surface area contributed by atoms with E-state index >= 15 is 0 Å². The summed E-state index contributed by atoms with van der Waals surface area (Å²) in [5.74, 6) is -0.890. The van der Waals surface area contributed by atoms with Gasteiger partial charge in [-0.25, -0.2) is 4.79 Å². The van der Waals surface area contributed by atoms with Crippen LogP contribution in [0.5, 0.6) is 0 Å². The van der Waals surface area contributed by atoms with E-state index in [1.54, 1.807) is 0 Å². The third-order valence-electron chi connectivity index (χ3n) is 3.18. The fourth-order valence-electron chi connectivity index (χ4n) is 1.77. The van der Waals surface area contributed by atoms with Crippen molar-refractivity contribution in [3.63, 3.8) is 0 Å². The van der Waals surface area contributed by atoms with E-state index in [1.807, 2.05) is 0 Å². The van der Waals surface area contributed by atoms with Crippen molar-refractivity contribution in [1.29, 1.82) is 0 Å². The van der Waals surface area contributed by atoms with Gasteiger partial charge in [0.05, 0.1) is 60.1 Å². The van der Waals surface area contributed by atoms with Crippen LogP contribution < -0.4 is 0 Å². The number of ether oxygens (including phenoxy) is 5. The molecule has 148 valence electrons. The van der Waals surface area contributed by atoms with Gasteiger partial charge in [0.15, 0.2) is 5.72 Å². The van der Waals surface area contributed by atoms with Gasteiger partial charge in [-0.2, -0.15) is 4.99 Å². The van der Waals surface area contributed by atoms with E-state index in [0.29, 0.717) is 6.29 Å². The van der Waals surface area contributed by atoms with Gasteiger partial charge in [0, 0.05) is 12.8 Å². The molecule has 1 unspecified atom stereocenters. The summed E-state index contributed by atoms with van der Waals surface area (Å²) >= 11 is 0. The highest BCUT2D eigenvalue weighted by Crippen LogP contribution is 2.20. The minimum Gasteiger partial charge on any atom is -0.469 e. The summed E-state index contributed by atoms with van der Waals surface area (Å²) in [4.78, 5) is 47.0. The molecule has 10 nitrogen and oxygen atoms in total. The van der Waals surface area contributed by atoms with Crippen LogP contribution >= 0.6 is 0 Å². The van der Waals surface area contributed by atoms with Gasteiger partial charge >= 0.3 is 11.9 Å². The summed E-state index contributed by atoms with van der Waals surface area (Å²) in [7, 11) is 2.52. The molecule has 0 radical (unpaired) electrons. The van der Waals surface area contributed by atoms with Crippen molar-refractivity contribution in [1.82, 2.24) is 0 Å². The van der Waals surface area contributed by atoms with E-state index in [2.05, 4.69) is 14.5 Å². The number of hydrogen-bond acceptors (Lipinski definition) is 10. The second-order valence-electron chi connectivity index (χ2n) is 5.02. The smallest absolute Gasteiger partial charge is 0.307 e. The minimum absolute atomic E-state index is 0.0375. The van der Waals surface area contributed by atoms with Crippen molar-refractivity contribution >= 4 is 24.3 Å². The number of aliphatic imine (C=N–C) groups is 1. The third-order valence-corrected chi connectivity index (χ3v) is 3.18. The number of esters is 2. The molecular formula is C16H25NO9. The summed E-state index contributed by atoms with van der Waals surface area (Å²) < 4.78 is 25.2. The maximum Gasteiger partial charge on any atom is 0.307 e. The van der Waals surface area contributed by atoms with Gasteiger partial charge in [-0.3, -0.25) is 9.59 Å². The lowest BCUT2D eigenvalue weighted by Gasteiger charge is -2.28. The molecule has 0 heterocycles. The van der Waals surface area contributed by atoms with Gasteiger partial charge in [-0.05, 0) is 0 Å². The number of methoxy groups -OCH3 is 2. The van der Waals surface area contributed by atoms with Crippen LogP contribution in [0.15, 0.2) is 4.99 Å². The second kappa shape index (κ2) is 15.2. The number of carbonyl (C=O) groups is 3. The van der Waals surface area contributed by atoms with Gasteiger partial charge in [0.1, 0.15) is 6.29 Å². The van der Waals surface area contributed by atoms with Gasteiger partial charge in [-0.15, -0.1) is 0 Å². The SMILES string of the molecule is COC(=O)CCOCCC(COCCC=O)(N=C=O)OCCC(=O)OC. The summed E-state index contributed by atoms with van der Waals surface area (Å²) in [6, 6.07) is 0. The highest BCUT2D eigenvalue weighted by Gasteiger charge is 2.31. The maximum atomic E-state index is 11.2. The van der Waals surface area contributed by atoms with Crippen LogP contribution in [0.4, 0.5) is 0 Å². The normalized spacial score (nSPS) is 12.5. The standard InChI is InChI=1S/C16H25NO9/c1-22-14(20)4-9-24-11-6-16(17-13-19,12-25-8-3-7-18)26-10-5-15(21)23-2/h7H,3-6,8-12H2,1-2H3. The van der Waals surface area contributed by atoms with Crippen LogP contribution in [0.2, 0.25) is 0 Å². The molecule has 0 spiro atoms. The van der Waals surface area contributed by atoms with Crippen LogP contribution in [0.1, 0.15) is 25.7 Å². The molecule has 0 N–H and O–H groups in total. The molecule has 0 bridgehead atoms. The van der Waals surface area contributed by atoms with Crippen LogP contribution in [0, 0.1) is 0 Å². The Hall–Kier alpha value is -2.13. The van der Waals surface area contributed by atoms with Crippen molar-refractivity contribution in [2.24, 2.45) is 4.99 Å². The topological polar surface area (TPSA) is 127 Å². The highest BCUT2D eigenvalue weighted by atomic mass is 16.6. The predicted octanol–water partition coefficient (Wildman–Crippen LogP) is 0.174. The summed E-state index contributed by atoms with van der Waals surface area (Å²) in [6.45, 7) is 0.178. The van der Waals surface area contributed by atoms with E-state index in [0.717, 1.165) is 0 Å². The van der Waals surface area contributed by atoms with Crippen molar-refractivity contribution in [3.05, 3.63) is 0 Å². The van der Waals surface area contributed by atoms with Crippen LogP contribution in [0.3, 0.4) is 0 Å². The van der Waals surface area contributed by atoms with E-state index in [-0.39, 0.29) is 58.7 Å². The third kappa shape index (κ3) is 11.4. The van der Waals surface area contributed by atoms with Crippen molar-refractivity contribution < 1.29 is 42.9 Å². The van der Waals surface area contributed by atoms with Crippen molar-refractivity contribution in [2.45, 2.75) is 31.4 Å². The number of rotatable bonds is 16. The maximum absolute atomic E-state index is 11.2. The molecular weight excluding hydrogens is 350 g/mol. The van der Waals surface area contributed by atoms with Crippen LogP contribution in [-0.2, 0) is 42.9 Å². The zero-order valence-corrected chi connectivity index (χ0v) is 15.1. The lowest BCUT2D eigenvalue weighted by atomic mass is 10.1. The molecule has 0 aromatic rings. The number of nitrogens with zero attached hydrogens (tertiary/aromatic N) is 1. The highest BCUT2D eigenvalue weighted by molar-refractivity contribution is 5.69. The Bertz CT molecular complexity index is 476. The lowest BCUT2D eigenvalue weighted by molar-refractivity contribution is -0.146. The molecule has 0 amide bonds. The molecule has 0 saturated heterocycles. The van der Waals surface area contributed by atoms with E-state index < -0.39 is 17.7 Å². The summed E-state index contributed by atoms with van der Waals surface area (Å²) in [6.07, 6.45) is 2.46. The number of hydrogen-bond donors (Lipinski definition) is 0. The van der Waals surface area contributed by atoms with Gasteiger partial charge in [0.25, 0.3) is 0 Å². The summed E-state index contributed by atoms with van der Waals surface area (Å²) in [5, 5.41) is 0. The van der Waals surface area contributed by atoms with Gasteiger partial charge < -0.3 is 28.5 Å². The average Bonchev–Trinajstić information content (AvgIpc) is 2.64. The Morgan fingerprint density at radius 3 is 2.23 bits per heavy atom. The monoisotopic (exact) mass is 375 g/mol. The zero-order valence-electron chi connectivity index (χ0n) is 15.1. The first kappa shape index (κ1) is 23.9. The fourth-order valence-corrected chi connectivity index (χ4v) is 1.77. The Labute approximate surface area is 151 Å². The molecule has 0 aromatic carbocycles. The first-order chi connectivity index (χ1) is 12.5. The number of carbonyl (C=O) groups excluding carboxylic acids is 4. The average molecular weight is 375 g/mol. The molecule has 26 heavy (non-hydrogen) atoms. The Balaban J connectivity index is 4.67. The quantitative estimate of drug-likeness (QED) is 0.122. The van der Waals surface area contributed by atoms with E-state index in [9.17, 15) is 19.2 Å². The Kier molecular flexibility index (Phi) is 13.9. The van der Waals surface area contributed by atoms with Crippen molar-refractivity contribution in [3.8, 4) is 0 Å². The minimum atomic E-state index is -1.41. The second-order valence-corrected chi connectivity index (χ2v) is 5.02. The first-order valence-corrected chi connectivity index (χ1v) is 7.99. The lowest BCUT2D eigenvalue weighted by Crippen LogP contribution is -2.38. The number of aldehydes is 1. The van der Waals surface area contributed by atoms with Gasteiger partial charge in [0.2, 0.25) is 6.08 Å². The van der Waals surface area contributed by atoms with E-state index in [1.165, 1.54) is 20.3 Å². The molecule has 0 aliphatic heterocycles. The molecule has 0 fully saturated rings. The molecule has 0 rings (SSSR count). The fraction of sp³-hybridized carbons (Fsp3) is 0.750. The van der Waals surface area contributed by atoms with Crippen molar-refractivity contribution in [2.75, 3.05) is 47.3 Å². The first-order valence-electron chi connectivity index (χ1n) is 7.99. The van der Waals surface area contributed by atoms with Crippen LogP contribution in [0.25, 0.3) is 0 Å². The predicted molar refractivity (Wildman–Crippen MR) is 87.0 cm³/mol. The number of isocyanates is 1. The van der Waals surface area contributed by atoms with Crippen LogP contribution in [-0.4, -0.2) is 77.3 Å². The molecule has 0 aliphatic rings. The van der Waals surface area contributed by atoms with Gasteiger partial charge in [-0.1, -0.05) is 0 Å². The molecule has 0 saturated carbocycles. The largest absolute Gasteiger partial charge is 0.469 e. The molecule has 0 aromatic heterocycles. The molecule has 10 heteroatoms. The zero-order chi connectivity index (χ0) is 19.7.